The Hall–Kier alpha value is -4.53. The minimum absolute atomic E-state index is 0.197. The molecule has 0 spiro atoms. The summed E-state index contributed by atoms with van der Waals surface area (Å²) in [5.41, 5.74) is 3.43. The summed E-state index contributed by atoms with van der Waals surface area (Å²) in [6.07, 6.45) is 5.53. The zero-order chi connectivity index (χ0) is 28.6. The number of hydrazone groups is 1. The normalized spacial score (nSPS) is 10.7. The van der Waals surface area contributed by atoms with Gasteiger partial charge in [-0.3, -0.25) is 4.79 Å². The van der Waals surface area contributed by atoms with Crippen LogP contribution in [0.5, 0.6) is 28.7 Å². The van der Waals surface area contributed by atoms with Crippen LogP contribution >= 0.6 is 0 Å². The molecule has 3 rings (SSSR count). The van der Waals surface area contributed by atoms with Gasteiger partial charge in [-0.05, 0) is 85.1 Å². The maximum Gasteiger partial charge on any atom is 0.343 e. The summed E-state index contributed by atoms with van der Waals surface area (Å²) < 4.78 is 27.6. The molecule has 0 atom stereocenters. The number of carbonyl (C=O) groups excluding carboxylic acids is 2. The number of rotatable bonds is 16. The van der Waals surface area contributed by atoms with E-state index in [2.05, 4.69) is 24.4 Å². The van der Waals surface area contributed by atoms with Gasteiger partial charge in [-0.1, -0.05) is 26.7 Å². The fraction of sp³-hybridized carbons (Fsp3) is 0.323. The fourth-order valence-corrected chi connectivity index (χ4v) is 3.36. The van der Waals surface area contributed by atoms with Gasteiger partial charge in [0, 0.05) is 0 Å². The van der Waals surface area contributed by atoms with Crippen LogP contribution in [0.2, 0.25) is 0 Å². The van der Waals surface area contributed by atoms with E-state index in [1.165, 1.54) is 13.3 Å². The number of ether oxygens (including phenoxy) is 5. The van der Waals surface area contributed by atoms with Crippen LogP contribution in [0.15, 0.2) is 71.8 Å². The maximum atomic E-state index is 12.6. The second-order valence-corrected chi connectivity index (χ2v) is 8.78. The molecule has 0 heterocycles. The Morgan fingerprint density at radius 1 is 0.775 bits per heavy atom. The Balaban J connectivity index is 1.47. The second kappa shape index (κ2) is 16.4. The quantitative estimate of drug-likeness (QED) is 0.0793. The number of methoxy groups -OCH3 is 1. The van der Waals surface area contributed by atoms with Gasteiger partial charge in [0.05, 0.1) is 32.1 Å². The summed E-state index contributed by atoms with van der Waals surface area (Å²) in [7, 11) is 1.47. The van der Waals surface area contributed by atoms with Crippen LogP contribution in [0, 0.1) is 0 Å². The average Bonchev–Trinajstić information content (AvgIpc) is 2.98. The largest absolute Gasteiger partial charge is 0.494 e. The van der Waals surface area contributed by atoms with Gasteiger partial charge in [-0.25, -0.2) is 10.2 Å². The third-order valence-electron chi connectivity index (χ3n) is 5.61. The first-order chi connectivity index (χ1) is 19.5. The number of nitrogens with zero attached hydrogens (tertiary/aromatic N) is 1. The molecule has 3 aromatic rings. The molecular weight excluding hydrogens is 512 g/mol. The van der Waals surface area contributed by atoms with Crippen molar-refractivity contribution in [3.63, 3.8) is 0 Å². The van der Waals surface area contributed by atoms with E-state index in [0.29, 0.717) is 41.6 Å². The van der Waals surface area contributed by atoms with Gasteiger partial charge < -0.3 is 23.7 Å². The number of carbonyl (C=O) groups is 2. The van der Waals surface area contributed by atoms with E-state index in [9.17, 15) is 9.59 Å². The zero-order valence-corrected chi connectivity index (χ0v) is 23.2. The molecule has 0 aliphatic heterocycles. The molecule has 1 amide bonds. The molecule has 0 bridgehead atoms. The lowest BCUT2D eigenvalue weighted by Crippen LogP contribution is -2.24. The summed E-state index contributed by atoms with van der Waals surface area (Å²) in [5, 5.41) is 3.96. The highest BCUT2D eigenvalue weighted by molar-refractivity contribution is 5.92. The van der Waals surface area contributed by atoms with Crippen molar-refractivity contribution in [3.8, 4) is 28.7 Å². The summed E-state index contributed by atoms with van der Waals surface area (Å²) in [5.74, 6) is 1.66. The number of esters is 1. The molecule has 9 nitrogen and oxygen atoms in total. The minimum atomic E-state index is -0.522. The standard InChI is InChI=1S/C31H36N2O7/c1-4-6-18-37-25-11-9-24(10-12-25)31(35)40-28-17-8-23(20-29(28)36-3)21-32-33-30(34)22-39-27-15-13-26(14-16-27)38-19-7-5-2/h8-17,20-21H,4-7,18-19,22H2,1-3H3,(H,33,34)/b32-21+. The van der Waals surface area contributed by atoms with Crippen molar-refractivity contribution in [3.05, 3.63) is 77.9 Å². The van der Waals surface area contributed by atoms with Crippen LogP contribution in [0.25, 0.3) is 0 Å². The predicted molar refractivity (Wildman–Crippen MR) is 153 cm³/mol. The molecule has 212 valence electrons. The third-order valence-corrected chi connectivity index (χ3v) is 5.61. The highest BCUT2D eigenvalue weighted by atomic mass is 16.6. The van der Waals surface area contributed by atoms with E-state index in [-0.39, 0.29) is 12.4 Å². The topological polar surface area (TPSA) is 105 Å². The number of hydrogen-bond acceptors (Lipinski definition) is 8. The minimum Gasteiger partial charge on any atom is -0.494 e. The van der Waals surface area contributed by atoms with Crippen LogP contribution in [-0.4, -0.2) is 45.0 Å². The van der Waals surface area contributed by atoms with Crippen molar-refractivity contribution < 1.29 is 33.3 Å². The van der Waals surface area contributed by atoms with Crippen molar-refractivity contribution in [1.82, 2.24) is 5.43 Å². The average molecular weight is 549 g/mol. The summed E-state index contributed by atoms with van der Waals surface area (Å²) in [6, 6.07) is 18.8. The van der Waals surface area contributed by atoms with Crippen LogP contribution < -0.4 is 29.1 Å². The van der Waals surface area contributed by atoms with E-state index in [1.807, 2.05) is 0 Å². The molecule has 0 saturated heterocycles. The lowest BCUT2D eigenvalue weighted by atomic mass is 10.2. The molecule has 0 unspecified atom stereocenters. The Bertz CT molecular complexity index is 1240. The predicted octanol–water partition coefficient (Wildman–Crippen LogP) is 5.80. The fourth-order valence-electron chi connectivity index (χ4n) is 3.36. The van der Waals surface area contributed by atoms with Gasteiger partial charge in [-0.15, -0.1) is 0 Å². The number of benzene rings is 3. The third kappa shape index (κ3) is 9.98. The van der Waals surface area contributed by atoms with E-state index < -0.39 is 11.9 Å². The van der Waals surface area contributed by atoms with Crippen LogP contribution in [0.3, 0.4) is 0 Å². The highest BCUT2D eigenvalue weighted by Crippen LogP contribution is 2.28. The van der Waals surface area contributed by atoms with Crippen molar-refractivity contribution in [2.24, 2.45) is 5.10 Å². The highest BCUT2D eigenvalue weighted by Gasteiger charge is 2.13. The summed E-state index contributed by atoms with van der Waals surface area (Å²) in [6.45, 7) is 5.30. The van der Waals surface area contributed by atoms with Crippen LogP contribution in [0.4, 0.5) is 0 Å². The number of hydrogen-bond donors (Lipinski definition) is 1. The Labute approximate surface area is 235 Å². The van der Waals surface area contributed by atoms with E-state index in [4.69, 9.17) is 23.7 Å². The first kappa shape index (κ1) is 30.0. The van der Waals surface area contributed by atoms with Gasteiger partial charge in [-0.2, -0.15) is 5.10 Å². The zero-order valence-electron chi connectivity index (χ0n) is 23.2. The molecule has 0 aliphatic carbocycles. The first-order valence-electron chi connectivity index (χ1n) is 13.3. The van der Waals surface area contributed by atoms with Gasteiger partial charge in [0.25, 0.3) is 5.91 Å². The molecule has 9 heteroatoms. The van der Waals surface area contributed by atoms with Crippen LogP contribution in [0.1, 0.15) is 55.5 Å². The van der Waals surface area contributed by atoms with E-state index in [0.717, 1.165) is 31.4 Å². The monoisotopic (exact) mass is 548 g/mol. The van der Waals surface area contributed by atoms with Crippen molar-refractivity contribution in [1.29, 1.82) is 0 Å². The molecule has 0 fully saturated rings. The van der Waals surface area contributed by atoms with E-state index in [1.54, 1.807) is 66.7 Å². The van der Waals surface area contributed by atoms with Gasteiger partial charge >= 0.3 is 5.97 Å². The SMILES string of the molecule is CCCCOc1ccc(OCC(=O)N/N=C/c2ccc(OC(=O)c3ccc(OCCCC)cc3)c(OC)c2)cc1. The molecule has 0 saturated carbocycles. The van der Waals surface area contributed by atoms with Crippen molar-refractivity contribution in [2.45, 2.75) is 39.5 Å². The molecule has 0 aromatic heterocycles. The van der Waals surface area contributed by atoms with Gasteiger partial charge in [0.1, 0.15) is 17.2 Å². The molecule has 3 aromatic carbocycles. The molecular formula is C31H36N2O7. The summed E-state index contributed by atoms with van der Waals surface area (Å²) >= 11 is 0. The molecule has 0 radical (unpaired) electrons. The first-order valence-corrected chi connectivity index (χ1v) is 13.3. The Morgan fingerprint density at radius 3 is 1.93 bits per heavy atom. The molecule has 40 heavy (non-hydrogen) atoms. The number of unbranched alkanes of at least 4 members (excludes halogenated alkanes) is 2. The lowest BCUT2D eigenvalue weighted by Gasteiger charge is -2.10. The second-order valence-electron chi connectivity index (χ2n) is 8.78. The van der Waals surface area contributed by atoms with Gasteiger partial charge in [0.15, 0.2) is 18.1 Å². The Morgan fingerprint density at radius 2 is 1.35 bits per heavy atom. The Kier molecular flexibility index (Phi) is 12.3. The smallest absolute Gasteiger partial charge is 0.343 e. The van der Waals surface area contributed by atoms with Gasteiger partial charge in [0.2, 0.25) is 0 Å². The maximum absolute atomic E-state index is 12.6. The van der Waals surface area contributed by atoms with Crippen molar-refractivity contribution in [2.75, 3.05) is 26.9 Å². The number of amides is 1. The summed E-state index contributed by atoms with van der Waals surface area (Å²) in [4.78, 5) is 24.7. The van der Waals surface area contributed by atoms with E-state index >= 15 is 0 Å². The van der Waals surface area contributed by atoms with Crippen molar-refractivity contribution >= 4 is 18.1 Å². The lowest BCUT2D eigenvalue weighted by molar-refractivity contribution is -0.123. The molecule has 1 N–H and O–H groups in total. The molecule has 0 aliphatic rings. The van der Waals surface area contributed by atoms with Crippen LogP contribution in [-0.2, 0) is 4.79 Å². The number of nitrogens with one attached hydrogen (secondary N) is 1.